The number of amides is 1. The van der Waals surface area contributed by atoms with Crippen LogP contribution in [-0.2, 0) is 4.79 Å². The summed E-state index contributed by atoms with van der Waals surface area (Å²) in [7, 11) is 0. The first kappa shape index (κ1) is 15.3. The van der Waals surface area contributed by atoms with Crippen molar-refractivity contribution in [2.75, 3.05) is 42.9 Å². The van der Waals surface area contributed by atoms with Gasteiger partial charge in [0, 0.05) is 44.1 Å². The standard InChI is InChI=1S/C17H26N4O/c1-13(18)17(22)19-15-3-2-4-16(11-15)21-9-7-20(8-10-21)12-14-5-6-14/h2-4,11,13-14H,5-10,12,18H2,1H3,(H,19,22)/t13-/m1/s1. The Morgan fingerprint density at radius 2 is 2.05 bits per heavy atom. The molecule has 5 heteroatoms. The van der Waals surface area contributed by atoms with Crippen LogP contribution in [0.25, 0.3) is 0 Å². The monoisotopic (exact) mass is 302 g/mol. The van der Waals surface area contributed by atoms with Crippen LogP contribution in [-0.4, -0.2) is 49.6 Å². The van der Waals surface area contributed by atoms with Crippen LogP contribution in [0.1, 0.15) is 19.8 Å². The minimum atomic E-state index is -0.491. The number of carbonyl (C=O) groups is 1. The topological polar surface area (TPSA) is 61.6 Å². The SMILES string of the molecule is C[C@@H](N)C(=O)Nc1cccc(N2CCN(CC3CC3)CC2)c1. The molecule has 1 atom stereocenters. The molecule has 1 aromatic carbocycles. The molecule has 1 saturated heterocycles. The zero-order valence-electron chi connectivity index (χ0n) is 13.3. The van der Waals surface area contributed by atoms with Gasteiger partial charge in [0.2, 0.25) is 5.91 Å². The lowest BCUT2D eigenvalue weighted by atomic mass is 10.2. The van der Waals surface area contributed by atoms with Crippen LogP contribution >= 0.6 is 0 Å². The Balaban J connectivity index is 1.56. The van der Waals surface area contributed by atoms with Crippen molar-refractivity contribution < 1.29 is 4.79 Å². The minimum absolute atomic E-state index is 0.147. The number of nitrogens with one attached hydrogen (secondary N) is 1. The van der Waals surface area contributed by atoms with Crippen molar-refractivity contribution in [2.24, 2.45) is 11.7 Å². The zero-order valence-corrected chi connectivity index (χ0v) is 13.3. The van der Waals surface area contributed by atoms with E-state index in [2.05, 4.69) is 21.2 Å². The van der Waals surface area contributed by atoms with Gasteiger partial charge in [-0.3, -0.25) is 9.69 Å². The second-order valence-corrected chi connectivity index (χ2v) is 6.56. The number of hydrogen-bond donors (Lipinski definition) is 2. The van der Waals surface area contributed by atoms with E-state index in [9.17, 15) is 4.79 Å². The lowest BCUT2D eigenvalue weighted by Gasteiger charge is -2.36. The van der Waals surface area contributed by atoms with Crippen LogP contribution in [0, 0.1) is 5.92 Å². The van der Waals surface area contributed by atoms with E-state index in [1.165, 1.54) is 25.1 Å². The maximum atomic E-state index is 11.7. The molecule has 0 aromatic heterocycles. The van der Waals surface area contributed by atoms with Crippen molar-refractivity contribution in [2.45, 2.75) is 25.8 Å². The highest BCUT2D eigenvalue weighted by Crippen LogP contribution is 2.30. The van der Waals surface area contributed by atoms with Gasteiger partial charge in [-0.05, 0) is 43.9 Å². The largest absolute Gasteiger partial charge is 0.369 e. The summed E-state index contributed by atoms with van der Waals surface area (Å²) < 4.78 is 0. The van der Waals surface area contributed by atoms with Crippen molar-refractivity contribution in [1.29, 1.82) is 0 Å². The highest BCUT2D eigenvalue weighted by atomic mass is 16.2. The molecular weight excluding hydrogens is 276 g/mol. The fraction of sp³-hybridized carbons (Fsp3) is 0.588. The molecule has 3 N–H and O–H groups in total. The van der Waals surface area contributed by atoms with Gasteiger partial charge in [-0.15, -0.1) is 0 Å². The molecule has 0 bridgehead atoms. The minimum Gasteiger partial charge on any atom is -0.369 e. The third-order valence-electron chi connectivity index (χ3n) is 4.48. The second kappa shape index (κ2) is 6.67. The lowest BCUT2D eigenvalue weighted by Crippen LogP contribution is -2.47. The van der Waals surface area contributed by atoms with Gasteiger partial charge in [-0.25, -0.2) is 0 Å². The Hall–Kier alpha value is -1.59. The molecule has 0 spiro atoms. The van der Waals surface area contributed by atoms with Crippen LogP contribution in [0.15, 0.2) is 24.3 Å². The van der Waals surface area contributed by atoms with E-state index in [1.54, 1.807) is 6.92 Å². The predicted octanol–water partition coefficient (Wildman–Crippen LogP) is 1.50. The summed E-state index contributed by atoms with van der Waals surface area (Å²) in [5.74, 6) is 0.815. The fourth-order valence-electron chi connectivity index (χ4n) is 2.89. The van der Waals surface area contributed by atoms with Crippen LogP contribution < -0.4 is 16.0 Å². The Morgan fingerprint density at radius 1 is 1.32 bits per heavy atom. The third-order valence-corrected chi connectivity index (χ3v) is 4.48. The van der Waals surface area contributed by atoms with Crippen molar-refractivity contribution in [1.82, 2.24) is 4.90 Å². The first-order valence-corrected chi connectivity index (χ1v) is 8.25. The first-order chi connectivity index (χ1) is 10.6. The number of nitrogens with zero attached hydrogens (tertiary/aromatic N) is 2. The maximum absolute atomic E-state index is 11.7. The summed E-state index contributed by atoms with van der Waals surface area (Å²) in [5.41, 5.74) is 7.59. The molecule has 3 rings (SSSR count). The molecule has 1 aliphatic heterocycles. The smallest absolute Gasteiger partial charge is 0.240 e. The Morgan fingerprint density at radius 3 is 2.68 bits per heavy atom. The summed E-state index contributed by atoms with van der Waals surface area (Å²) in [4.78, 5) is 16.7. The highest BCUT2D eigenvalue weighted by Gasteiger charge is 2.26. The molecule has 120 valence electrons. The number of anilines is 2. The highest BCUT2D eigenvalue weighted by molar-refractivity contribution is 5.94. The Labute approximate surface area is 132 Å². The van der Waals surface area contributed by atoms with E-state index in [0.717, 1.165) is 37.8 Å². The van der Waals surface area contributed by atoms with Gasteiger partial charge in [0.05, 0.1) is 6.04 Å². The molecule has 1 amide bonds. The Bertz CT molecular complexity index is 519. The molecule has 5 nitrogen and oxygen atoms in total. The number of piperazine rings is 1. The van der Waals surface area contributed by atoms with Gasteiger partial charge in [0.15, 0.2) is 0 Å². The Kier molecular flexibility index (Phi) is 4.64. The van der Waals surface area contributed by atoms with E-state index in [4.69, 9.17) is 5.73 Å². The van der Waals surface area contributed by atoms with E-state index in [1.807, 2.05) is 18.2 Å². The van der Waals surface area contributed by atoms with Gasteiger partial charge in [-0.2, -0.15) is 0 Å². The molecule has 0 radical (unpaired) electrons. The number of nitrogens with two attached hydrogens (primary N) is 1. The van der Waals surface area contributed by atoms with Gasteiger partial charge >= 0.3 is 0 Å². The van der Waals surface area contributed by atoms with Crippen molar-refractivity contribution in [3.05, 3.63) is 24.3 Å². The molecule has 1 heterocycles. The number of carbonyl (C=O) groups excluding carboxylic acids is 1. The summed E-state index contributed by atoms with van der Waals surface area (Å²) in [6, 6.07) is 7.56. The average molecular weight is 302 g/mol. The predicted molar refractivity (Wildman–Crippen MR) is 90.1 cm³/mol. The van der Waals surface area contributed by atoms with Crippen molar-refractivity contribution in [3.8, 4) is 0 Å². The van der Waals surface area contributed by atoms with Crippen LogP contribution in [0.3, 0.4) is 0 Å². The summed E-state index contributed by atoms with van der Waals surface area (Å²) in [6.07, 6.45) is 2.84. The molecule has 0 unspecified atom stereocenters. The van der Waals surface area contributed by atoms with Gasteiger partial charge in [0.1, 0.15) is 0 Å². The summed E-state index contributed by atoms with van der Waals surface area (Å²) >= 11 is 0. The van der Waals surface area contributed by atoms with Crippen LogP contribution in [0.4, 0.5) is 11.4 Å². The molecule has 22 heavy (non-hydrogen) atoms. The summed E-state index contributed by atoms with van der Waals surface area (Å²) in [6.45, 7) is 7.34. The van der Waals surface area contributed by atoms with E-state index in [0.29, 0.717) is 0 Å². The number of hydrogen-bond acceptors (Lipinski definition) is 4. The van der Waals surface area contributed by atoms with Gasteiger partial charge in [-0.1, -0.05) is 6.07 Å². The maximum Gasteiger partial charge on any atom is 0.240 e. The molecular formula is C17H26N4O. The fourth-order valence-corrected chi connectivity index (χ4v) is 2.89. The van der Waals surface area contributed by atoms with Gasteiger partial charge in [0.25, 0.3) is 0 Å². The molecule has 1 aromatic rings. The number of rotatable bonds is 5. The molecule has 1 saturated carbocycles. The summed E-state index contributed by atoms with van der Waals surface area (Å²) in [5, 5.41) is 2.86. The lowest BCUT2D eigenvalue weighted by molar-refractivity contribution is -0.117. The second-order valence-electron chi connectivity index (χ2n) is 6.56. The molecule has 2 aliphatic rings. The average Bonchev–Trinajstić information content (AvgIpc) is 3.32. The quantitative estimate of drug-likeness (QED) is 0.865. The van der Waals surface area contributed by atoms with Crippen LogP contribution in [0.2, 0.25) is 0 Å². The van der Waals surface area contributed by atoms with Gasteiger partial charge < -0.3 is 16.0 Å². The first-order valence-electron chi connectivity index (χ1n) is 8.25. The van der Waals surface area contributed by atoms with E-state index in [-0.39, 0.29) is 5.91 Å². The molecule has 1 aliphatic carbocycles. The normalized spacial score (nSPS) is 20.7. The third kappa shape index (κ3) is 3.99. The zero-order chi connectivity index (χ0) is 15.5. The van der Waals surface area contributed by atoms with E-state index >= 15 is 0 Å². The number of benzene rings is 1. The van der Waals surface area contributed by atoms with Crippen molar-refractivity contribution in [3.63, 3.8) is 0 Å². The molecule has 2 fully saturated rings. The van der Waals surface area contributed by atoms with E-state index < -0.39 is 6.04 Å². The van der Waals surface area contributed by atoms with Crippen LogP contribution in [0.5, 0.6) is 0 Å². The van der Waals surface area contributed by atoms with Crippen molar-refractivity contribution >= 4 is 17.3 Å².